The summed E-state index contributed by atoms with van der Waals surface area (Å²) in [5.74, 6) is 0.0928. The van der Waals surface area contributed by atoms with Crippen molar-refractivity contribution in [2.75, 3.05) is 7.05 Å². The summed E-state index contributed by atoms with van der Waals surface area (Å²) >= 11 is 3.41. The zero-order chi connectivity index (χ0) is 17.8. The van der Waals surface area contributed by atoms with Crippen LogP contribution in [0.1, 0.15) is 24.1 Å². The van der Waals surface area contributed by atoms with E-state index in [1.54, 1.807) is 15.9 Å². The third kappa shape index (κ3) is 4.14. The average Bonchev–Trinajstić information content (AvgIpc) is 3.17. The highest BCUT2D eigenvalue weighted by atomic mass is 79.9. The first-order valence-corrected chi connectivity index (χ1v) is 8.79. The first-order chi connectivity index (χ1) is 12.0. The van der Waals surface area contributed by atoms with Gasteiger partial charge in [-0.05, 0) is 42.3 Å². The van der Waals surface area contributed by atoms with Crippen LogP contribution in [0.15, 0.2) is 65.7 Å². The van der Waals surface area contributed by atoms with Gasteiger partial charge >= 0.3 is 0 Å². The van der Waals surface area contributed by atoms with Crippen molar-refractivity contribution >= 4 is 21.8 Å². The van der Waals surface area contributed by atoms with Crippen molar-refractivity contribution in [3.63, 3.8) is 0 Å². The van der Waals surface area contributed by atoms with Crippen LogP contribution in [0.4, 0.5) is 0 Å². The Morgan fingerprint density at radius 2 is 1.84 bits per heavy atom. The maximum absolute atomic E-state index is 12.6. The van der Waals surface area contributed by atoms with Crippen molar-refractivity contribution in [3.05, 3.63) is 76.8 Å². The van der Waals surface area contributed by atoms with Gasteiger partial charge in [-0.3, -0.25) is 4.79 Å². The number of carbonyl (C=O) groups is 1. The molecule has 0 spiro atoms. The van der Waals surface area contributed by atoms with E-state index in [1.165, 1.54) is 6.33 Å². The Hall–Kier alpha value is -2.47. The smallest absolute Gasteiger partial charge is 0.227 e. The second kappa shape index (κ2) is 7.61. The Morgan fingerprint density at radius 1 is 1.16 bits per heavy atom. The second-order valence-electron chi connectivity index (χ2n) is 5.92. The minimum Gasteiger partial charge on any atom is -0.339 e. The van der Waals surface area contributed by atoms with Gasteiger partial charge in [-0.15, -0.1) is 0 Å². The normalized spacial score (nSPS) is 12.0. The van der Waals surface area contributed by atoms with Gasteiger partial charge in [-0.2, -0.15) is 5.10 Å². The summed E-state index contributed by atoms with van der Waals surface area (Å²) in [6.45, 7) is 2.03. The predicted molar refractivity (Wildman–Crippen MR) is 100 cm³/mol. The molecule has 0 fully saturated rings. The molecular weight excluding hydrogens is 380 g/mol. The first-order valence-electron chi connectivity index (χ1n) is 7.99. The molecule has 0 unspecified atom stereocenters. The molecule has 0 saturated carbocycles. The van der Waals surface area contributed by atoms with Crippen LogP contribution in [0.3, 0.4) is 0 Å². The molecule has 5 nitrogen and oxygen atoms in total. The largest absolute Gasteiger partial charge is 0.339 e. The molecule has 3 aromatic rings. The minimum absolute atomic E-state index is 0.00672. The van der Waals surface area contributed by atoms with Crippen molar-refractivity contribution in [1.29, 1.82) is 0 Å². The number of amides is 1. The molecule has 1 atom stereocenters. The van der Waals surface area contributed by atoms with E-state index in [4.69, 9.17) is 0 Å². The molecule has 0 radical (unpaired) electrons. The molecule has 1 aromatic heterocycles. The van der Waals surface area contributed by atoms with Crippen LogP contribution in [-0.2, 0) is 11.2 Å². The molecule has 0 aliphatic rings. The fourth-order valence-electron chi connectivity index (χ4n) is 2.59. The molecule has 0 aliphatic carbocycles. The molecule has 0 saturated heterocycles. The van der Waals surface area contributed by atoms with Crippen LogP contribution in [0.2, 0.25) is 0 Å². The van der Waals surface area contributed by atoms with Crippen LogP contribution in [0, 0.1) is 0 Å². The fraction of sp³-hybridized carbons (Fsp3) is 0.211. The highest BCUT2D eigenvalue weighted by Crippen LogP contribution is 2.21. The van der Waals surface area contributed by atoms with Crippen LogP contribution >= 0.6 is 15.9 Å². The average molecular weight is 399 g/mol. The lowest BCUT2D eigenvalue weighted by Gasteiger charge is -2.25. The Bertz CT molecular complexity index is 829. The van der Waals surface area contributed by atoms with E-state index in [1.807, 2.05) is 62.5 Å². The lowest BCUT2D eigenvalue weighted by atomic mass is 10.1. The highest BCUT2D eigenvalue weighted by Gasteiger charge is 2.17. The molecule has 1 amide bonds. The monoisotopic (exact) mass is 398 g/mol. The Labute approximate surface area is 155 Å². The molecule has 3 rings (SSSR count). The van der Waals surface area contributed by atoms with E-state index >= 15 is 0 Å². The topological polar surface area (TPSA) is 51.0 Å². The van der Waals surface area contributed by atoms with E-state index in [0.717, 1.165) is 21.3 Å². The van der Waals surface area contributed by atoms with E-state index in [0.29, 0.717) is 6.42 Å². The maximum atomic E-state index is 12.6. The first kappa shape index (κ1) is 17.4. The summed E-state index contributed by atoms with van der Waals surface area (Å²) in [5, 5.41) is 4.12. The number of likely N-dealkylation sites (N-methyl/N-ethyl adjacent to an activating group) is 1. The van der Waals surface area contributed by atoms with Crippen molar-refractivity contribution < 1.29 is 4.79 Å². The van der Waals surface area contributed by atoms with Gasteiger partial charge in [0.15, 0.2) is 0 Å². The number of hydrogen-bond acceptors (Lipinski definition) is 3. The molecule has 25 heavy (non-hydrogen) atoms. The van der Waals surface area contributed by atoms with Gasteiger partial charge in [-0.1, -0.05) is 40.2 Å². The fourth-order valence-corrected chi connectivity index (χ4v) is 2.85. The zero-order valence-corrected chi connectivity index (χ0v) is 15.7. The summed E-state index contributed by atoms with van der Waals surface area (Å²) in [5.41, 5.74) is 3.03. The maximum Gasteiger partial charge on any atom is 0.227 e. The zero-order valence-electron chi connectivity index (χ0n) is 14.1. The van der Waals surface area contributed by atoms with E-state index < -0.39 is 0 Å². The standard InChI is InChI=1S/C19H19BrN4O/c1-14(16-5-9-18(10-6-16)24-13-21-12-22-24)23(2)19(25)11-15-3-7-17(20)8-4-15/h3-10,12-14H,11H2,1-2H3/t14-/m0/s1. The minimum atomic E-state index is -0.00672. The van der Waals surface area contributed by atoms with Crippen LogP contribution in [-0.4, -0.2) is 32.6 Å². The van der Waals surface area contributed by atoms with Crippen molar-refractivity contribution in [1.82, 2.24) is 19.7 Å². The Kier molecular flexibility index (Phi) is 5.28. The molecule has 0 bridgehead atoms. The molecule has 2 aromatic carbocycles. The number of rotatable bonds is 5. The van der Waals surface area contributed by atoms with Gasteiger partial charge in [-0.25, -0.2) is 9.67 Å². The summed E-state index contributed by atoms with van der Waals surface area (Å²) < 4.78 is 2.72. The molecule has 128 valence electrons. The molecular formula is C19H19BrN4O. The predicted octanol–water partition coefficient (Wildman–Crippen LogP) is 3.79. The van der Waals surface area contributed by atoms with Crippen LogP contribution in [0.5, 0.6) is 0 Å². The van der Waals surface area contributed by atoms with Gasteiger partial charge < -0.3 is 4.90 Å². The van der Waals surface area contributed by atoms with Gasteiger partial charge in [0.1, 0.15) is 12.7 Å². The quantitative estimate of drug-likeness (QED) is 0.656. The summed E-state index contributed by atoms with van der Waals surface area (Å²) in [4.78, 5) is 18.3. The molecule has 0 aliphatic heterocycles. The molecule has 1 heterocycles. The number of hydrogen-bond donors (Lipinski definition) is 0. The van der Waals surface area contributed by atoms with Gasteiger partial charge in [0.05, 0.1) is 18.2 Å². The Balaban J connectivity index is 1.67. The summed E-state index contributed by atoms with van der Waals surface area (Å²) in [6.07, 6.45) is 3.56. The van der Waals surface area contributed by atoms with Crippen LogP contribution < -0.4 is 0 Å². The Morgan fingerprint density at radius 3 is 2.44 bits per heavy atom. The third-order valence-electron chi connectivity index (χ3n) is 4.30. The summed E-state index contributed by atoms with van der Waals surface area (Å²) in [7, 11) is 1.84. The lowest BCUT2D eigenvalue weighted by Crippen LogP contribution is -2.30. The number of aromatic nitrogens is 3. The molecule has 6 heteroatoms. The number of nitrogens with zero attached hydrogens (tertiary/aromatic N) is 4. The van der Waals surface area contributed by atoms with Crippen molar-refractivity contribution in [2.24, 2.45) is 0 Å². The number of halogens is 1. The SMILES string of the molecule is C[C@@H](c1ccc(-n2cncn2)cc1)N(C)C(=O)Cc1ccc(Br)cc1. The third-order valence-corrected chi connectivity index (χ3v) is 4.83. The van der Waals surface area contributed by atoms with Crippen molar-refractivity contribution in [2.45, 2.75) is 19.4 Å². The molecule has 0 N–H and O–H groups in total. The van der Waals surface area contributed by atoms with E-state index in [2.05, 4.69) is 26.0 Å². The van der Waals surface area contributed by atoms with E-state index in [-0.39, 0.29) is 11.9 Å². The highest BCUT2D eigenvalue weighted by molar-refractivity contribution is 9.10. The van der Waals surface area contributed by atoms with E-state index in [9.17, 15) is 4.79 Å². The van der Waals surface area contributed by atoms with Gasteiger partial charge in [0, 0.05) is 11.5 Å². The number of carbonyl (C=O) groups excluding carboxylic acids is 1. The van der Waals surface area contributed by atoms with Crippen LogP contribution in [0.25, 0.3) is 5.69 Å². The number of benzene rings is 2. The van der Waals surface area contributed by atoms with Gasteiger partial charge in [0.2, 0.25) is 5.91 Å². The summed E-state index contributed by atoms with van der Waals surface area (Å²) in [6, 6.07) is 15.8. The van der Waals surface area contributed by atoms with Gasteiger partial charge in [0.25, 0.3) is 0 Å². The lowest BCUT2D eigenvalue weighted by molar-refractivity contribution is -0.131. The van der Waals surface area contributed by atoms with Crippen molar-refractivity contribution in [3.8, 4) is 5.69 Å². The second-order valence-corrected chi connectivity index (χ2v) is 6.83.